The van der Waals surface area contributed by atoms with E-state index in [9.17, 15) is 0 Å². The fourth-order valence-corrected chi connectivity index (χ4v) is 0.442. The molecule has 0 aliphatic heterocycles. The maximum Gasteiger partial charge on any atom is 0.00514 e. The van der Waals surface area contributed by atoms with Crippen molar-refractivity contribution in [1.82, 2.24) is 0 Å². The van der Waals surface area contributed by atoms with Crippen LogP contribution in [-0.4, -0.2) is 0 Å². The van der Waals surface area contributed by atoms with E-state index in [2.05, 4.69) is 0 Å². The normalized spacial score (nSPS) is 14.4. The lowest BCUT2D eigenvalue weighted by molar-refractivity contribution is 1.28. The molecule has 0 saturated heterocycles. The van der Waals surface area contributed by atoms with Crippen LogP contribution in [0.2, 0.25) is 0 Å². The first kappa shape index (κ1) is 7.28. The highest BCUT2D eigenvalue weighted by Crippen LogP contribution is 1.94. The predicted molar refractivity (Wildman–Crippen MR) is 37.4 cm³/mol. The van der Waals surface area contributed by atoms with Crippen LogP contribution >= 0.6 is 0 Å². The Kier molecular flexibility index (Phi) is 3.01. The lowest BCUT2D eigenvalue weighted by Gasteiger charge is -1.89. The van der Waals surface area contributed by atoms with Crippen LogP contribution in [-0.2, 0) is 0 Å². The van der Waals surface area contributed by atoms with Gasteiger partial charge in [-0.25, -0.2) is 0 Å². The van der Waals surface area contributed by atoms with Crippen LogP contribution in [0.15, 0.2) is 23.4 Å². The molecule has 0 aromatic rings. The molecule has 1 nitrogen and oxygen atoms in total. The average Bonchev–Trinajstić information content (AvgIpc) is 1.65. The number of nitrogens with two attached hydrogens (primary N) is 1. The zero-order valence-corrected chi connectivity index (χ0v) is 5.73. The maximum atomic E-state index is 5.39. The summed E-state index contributed by atoms with van der Waals surface area (Å²) in [6.07, 6.45) is 3.97. The Morgan fingerprint density at radius 1 is 1.38 bits per heavy atom. The highest BCUT2D eigenvalue weighted by Gasteiger charge is 1.77. The molecule has 0 radical (unpaired) electrons. The third-order valence-corrected chi connectivity index (χ3v) is 0.911. The van der Waals surface area contributed by atoms with Crippen LogP contribution in [0, 0.1) is 0 Å². The molecule has 8 heavy (non-hydrogen) atoms. The van der Waals surface area contributed by atoms with Crippen LogP contribution in [0.5, 0.6) is 0 Å². The van der Waals surface area contributed by atoms with Crippen molar-refractivity contribution in [3.63, 3.8) is 0 Å². The SMILES string of the molecule is C/C=C(C)\C=C(/C)N. The zero-order chi connectivity index (χ0) is 6.57. The molecule has 0 aliphatic carbocycles. The Balaban J connectivity index is 3.89. The van der Waals surface area contributed by atoms with Crippen LogP contribution in [0.25, 0.3) is 0 Å². The lowest BCUT2D eigenvalue weighted by atomic mass is 10.2. The van der Waals surface area contributed by atoms with E-state index in [4.69, 9.17) is 5.73 Å². The quantitative estimate of drug-likeness (QED) is 0.513. The van der Waals surface area contributed by atoms with Gasteiger partial charge in [0.2, 0.25) is 0 Å². The van der Waals surface area contributed by atoms with Crippen LogP contribution < -0.4 is 5.73 Å². The molecule has 0 heterocycles. The molecule has 0 unspecified atom stereocenters. The molecular formula is C7H13N. The van der Waals surface area contributed by atoms with E-state index in [0.717, 1.165) is 5.70 Å². The van der Waals surface area contributed by atoms with Gasteiger partial charge in [0.15, 0.2) is 0 Å². The summed E-state index contributed by atoms with van der Waals surface area (Å²) < 4.78 is 0. The number of hydrogen-bond acceptors (Lipinski definition) is 1. The van der Waals surface area contributed by atoms with E-state index in [-0.39, 0.29) is 0 Å². The van der Waals surface area contributed by atoms with Gasteiger partial charge < -0.3 is 5.73 Å². The van der Waals surface area contributed by atoms with Crippen molar-refractivity contribution in [2.75, 3.05) is 0 Å². The van der Waals surface area contributed by atoms with Crippen molar-refractivity contribution in [2.45, 2.75) is 20.8 Å². The second-order valence-electron chi connectivity index (χ2n) is 1.92. The van der Waals surface area contributed by atoms with Gasteiger partial charge in [-0.05, 0) is 26.8 Å². The molecule has 2 N–H and O–H groups in total. The highest BCUT2D eigenvalue weighted by atomic mass is 14.5. The van der Waals surface area contributed by atoms with Gasteiger partial charge in [-0.15, -0.1) is 0 Å². The number of rotatable bonds is 1. The third kappa shape index (κ3) is 3.47. The van der Waals surface area contributed by atoms with Crippen molar-refractivity contribution < 1.29 is 0 Å². The number of allylic oxidation sites excluding steroid dienone is 4. The van der Waals surface area contributed by atoms with Crippen molar-refractivity contribution in [1.29, 1.82) is 0 Å². The minimum Gasteiger partial charge on any atom is -0.402 e. The fraction of sp³-hybridized carbons (Fsp3) is 0.429. The molecule has 0 saturated carbocycles. The molecule has 0 aromatic carbocycles. The first-order valence-corrected chi connectivity index (χ1v) is 2.73. The zero-order valence-electron chi connectivity index (χ0n) is 5.73. The summed E-state index contributed by atoms with van der Waals surface area (Å²) in [5, 5.41) is 0. The lowest BCUT2D eigenvalue weighted by Crippen LogP contribution is -1.89. The first-order valence-electron chi connectivity index (χ1n) is 2.73. The van der Waals surface area contributed by atoms with Crippen molar-refractivity contribution in [2.24, 2.45) is 5.73 Å². The van der Waals surface area contributed by atoms with E-state index in [1.54, 1.807) is 0 Å². The molecule has 46 valence electrons. The summed E-state index contributed by atoms with van der Waals surface area (Å²) in [6, 6.07) is 0. The largest absolute Gasteiger partial charge is 0.402 e. The smallest absolute Gasteiger partial charge is 0.00514 e. The molecule has 0 fully saturated rings. The number of hydrogen-bond donors (Lipinski definition) is 1. The van der Waals surface area contributed by atoms with E-state index in [1.807, 2.05) is 32.9 Å². The van der Waals surface area contributed by atoms with Gasteiger partial charge in [0.05, 0.1) is 0 Å². The molecule has 1 heteroatoms. The van der Waals surface area contributed by atoms with Crippen LogP contribution in [0.4, 0.5) is 0 Å². The molecular weight excluding hydrogens is 98.1 g/mol. The average molecular weight is 111 g/mol. The predicted octanol–water partition coefficient (Wildman–Crippen LogP) is 1.82. The Hall–Kier alpha value is -0.720. The van der Waals surface area contributed by atoms with E-state index >= 15 is 0 Å². The Labute approximate surface area is 50.9 Å². The standard InChI is InChI=1S/C7H13N/c1-4-6(2)5-7(3)8/h4-5H,8H2,1-3H3/b6-4-,7-5+. The second-order valence-corrected chi connectivity index (χ2v) is 1.92. The Morgan fingerprint density at radius 3 is 2.00 bits per heavy atom. The third-order valence-electron chi connectivity index (χ3n) is 0.911. The van der Waals surface area contributed by atoms with Crippen molar-refractivity contribution in [3.8, 4) is 0 Å². The summed E-state index contributed by atoms with van der Waals surface area (Å²) in [5.41, 5.74) is 7.46. The van der Waals surface area contributed by atoms with Gasteiger partial charge in [0.1, 0.15) is 0 Å². The Morgan fingerprint density at radius 2 is 1.88 bits per heavy atom. The Bertz CT molecular complexity index is 116. The topological polar surface area (TPSA) is 26.0 Å². The molecule has 0 atom stereocenters. The summed E-state index contributed by atoms with van der Waals surface area (Å²) in [7, 11) is 0. The summed E-state index contributed by atoms with van der Waals surface area (Å²) in [5.74, 6) is 0. The molecule has 0 spiro atoms. The minimum absolute atomic E-state index is 0.862. The first-order chi connectivity index (χ1) is 3.66. The van der Waals surface area contributed by atoms with E-state index in [0.29, 0.717) is 0 Å². The van der Waals surface area contributed by atoms with Crippen molar-refractivity contribution >= 4 is 0 Å². The summed E-state index contributed by atoms with van der Waals surface area (Å²) >= 11 is 0. The van der Waals surface area contributed by atoms with E-state index < -0.39 is 0 Å². The van der Waals surface area contributed by atoms with Crippen LogP contribution in [0.1, 0.15) is 20.8 Å². The van der Waals surface area contributed by atoms with Gasteiger partial charge in [0.25, 0.3) is 0 Å². The maximum absolute atomic E-state index is 5.39. The fourth-order valence-electron chi connectivity index (χ4n) is 0.442. The molecule has 0 aromatic heterocycles. The van der Waals surface area contributed by atoms with E-state index in [1.165, 1.54) is 5.57 Å². The molecule has 0 rings (SSSR count). The van der Waals surface area contributed by atoms with Gasteiger partial charge >= 0.3 is 0 Å². The van der Waals surface area contributed by atoms with Gasteiger partial charge in [-0.1, -0.05) is 11.6 Å². The highest BCUT2D eigenvalue weighted by molar-refractivity contribution is 5.17. The van der Waals surface area contributed by atoms with Gasteiger partial charge in [-0.3, -0.25) is 0 Å². The van der Waals surface area contributed by atoms with Crippen molar-refractivity contribution in [3.05, 3.63) is 23.4 Å². The molecule has 0 aliphatic rings. The molecule has 0 bridgehead atoms. The summed E-state index contributed by atoms with van der Waals surface area (Å²) in [4.78, 5) is 0. The second kappa shape index (κ2) is 3.30. The molecule has 0 amide bonds. The van der Waals surface area contributed by atoms with Gasteiger partial charge in [-0.2, -0.15) is 0 Å². The monoisotopic (exact) mass is 111 g/mol. The van der Waals surface area contributed by atoms with Gasteiger partial charge in [0, 0.05) is 5.70 Å². The van der Waals surface area contributed by atoms with Crippen LogP contribution in [0.3, 0.4) is 0 Å². The minimum atomic E-state index is 0.862. The summed E-state index contributed by atoms with van der Waals surface area (Å²) in [6.45, 7) is 5.90.